The van der Waals surface area contributed by atoms with E-state index >= 15 is 0 Å². The van der Waals surface area contributed by atoms with E-state index in [2.05, 4.69) is 12.1 Å². The normalized spacial score (nSPS) is 19.4. The minimum Gasteiger partial charge on any atom is -0.481 e. The summed E-state index contributed by atoms with van der Waals surface area (Å²) in [5, 5.41) is 8.65. The Labute approximate surface area is 101 Å². The van der Waals surface area contributed by atoms with Gasteiger partial charge in [0.25, 0.3) is 0 Å². The summed E-state index contributed by atoms with van der Waals surface area (Å²) in [5.41, 5.74) is 2.62. The molecule has 0 radical (unpaired) electrons. The molecule has 0 bridgehead atoms. The highest BCUT2D eigenvalue weighted by Crippen LogP contribution is 2.28. The Morgan fingerprint density at radius 2 is 2.24 bits per heavy atom. The lowest BCUT2D eigenvalue weighted by Gasteiger charge is -2.13. The summed E-state index contributed by atoms with van der Waals surface area (Å²) in [4.78, 5) is 10.5. The molecule has 3 nitrogen and oxygen atoms in total. The highest BCUT2D eigenvalue weighted by molar-refractivity contribution is 5.66. The van der Waals surface area contributed by atoms with Gasteiger partial charge in [-0.25, -0.2) is 0 Å². The smallest absolute Gasteiger partial charge is 0.303 e. The molecule has 1 unspecified atom stereocenters. The van der Waals surface area contributed by atoms with Gasteiger partial charge in [-0.15, -0.1) is 0 Å². The molecule has 92 valence electrons. The van der Waals surface area contributed by atoms with E-state index in [0.717, 1.165) is 26.1 Å². The van der Waals surface area contributed by atoms with Crippen molar-refractivity contribution in [1.82, 2.24) is 0 Å². The number of rotatable bonds is 5. The van der Waals surface area contributed by atoms with Crippen molar-refractivity contribution < 1.29 is 14.6 Å². The summed E-state index contributed by atoms with van der Waals surface area (Å²) < 4.78 is 5.42. The SMILES string of the molecule is O=C(O)CCCc1ccccc1C1CCOC1. The number of hydrogen-bond acceptors (Lipinski definition) is 2. The molecule has 1 aromatic rings. The van der Waals surface area contributed by atoms with E-state index in [4.69, 9.17) is 9.84 Å². The standard InChI is InChI=1S/C14H18O3/c15-14(16)7-3-5-11-4-1-2-6-13(11)12-8-9-17-10-12/h1-2,4,6,12H,3,5,7-10H2,(H,15,16). The number of carboxylic acids is 1. The van der Waals surface area contributed by atoms with Crippen molar-refractivity contribution >= 4 is 5.97 Å². The number of carboxylic acid groups (broad SMARTS) is 1. The largest absolute Gasteiger partial charge is 0.481 e. The molecule has 2 rings (SSSR count). The summed E-state index contributed by atoms with van der Waals surface area (Å²) in [5.74, 6) is -0.220. The van der Waals surface area contributed by atoms with Gasteiger partial charge in [-0.1, -0.05) is 24.3 Å². The van der Waals surface area contributed by atoms with Crippen LogP contribution in [0.1, 0.15) is 36.3 Å². The van der Waals surface area contributed by atoms with Crippen LogP contribution in [0.2, 0.25) is 0 Å². The second-order valence-corrected chi connectivity index (χ2v) is 4.51. The van der Waals surface area contributed by atoms with Gasteiger partial charge in [-0.05, 0) is 30.4 Å². The maximum absolute atomic E-state index is 10.5. The van der Waals surface area contributed by atoms with Crippen LogP contribution in [0.15, 0.2) is 24.3 Å². The quantitative estimate of drug-likeness (QED) is 0.851. The second kappa shape index (κ2) is 5.82. The van der Waals surface area contributed by atoms with Crippen molar-refractivity contribution in [2.45, 2.75) is 31.6 Å². The van der Waals surface area contributed by atoms with Crippen LogP contribution in [0.25, 0.3) is 0 Å². The predicted octanol–water partition coefficient (Wildman–Crippen LogP) is 2.60. The number of ether oxygens (including phenoxy) is 1. The average Bonchev–Trinajstić information content (AvgIpc) is 2.82. The van der Waals surface area contributed by atoms with Crippen molar-refractivity contribution in [3.05, 3.63) is 35.4 Å². The van der Waals surface area contributed by atoms with Gasteiger partial charge in [0.05, 0.1) is 6.61 Å². The first-order valence-electron chi connectivity index (χ1n) is 6.14. The van der Waals surface area contributed by atoms with Gasteiger partial charge in [-0.2, -0.15) is 0 Å². The number of aliphatic carboxylic acids is 1. The van der Waals surface area contributed by atoms with Gasteiger partial charge < -0.3 is 9.84 Å². The fraction of sp³-hybridized carbons (Fsp3) is 0.500. The monoisotopic (exact) mass is 234 g/mol. The number of carbonyl (C=O) groups is 1. The van der Waals surface area contributed by atoms with Crippen molar-refractivity contribution in [3.8, 4) is 0 Å². The molecule has 1 aliphatic heterocycles. The van der Waals surface area contributed by atoms with Crippen LogP contribution >= 0.6 is 0 Å². The van der Waals surface area contributed by atoms with E-state index in [1.807, 2.05) is 12.1 Å². The van der Waals surface area contributed by atoms with E-state index in [0.29, 0.717) is 12.3 Å². The Morgan fingerprint density at radius 1 is 1.41 bits per heavy atom. The van der Waals surface area contributed by atoms with Crippen LogP contribution in [0.4, 0.5) is 0 Å². The molecule has 1 fully saturated rings. The molecule has 1 aromatic carbocycles. The van der Waals surface area contributed by atoms with Crippen molar-refractivity contribution in [2.24, 2.45) is 0 Å². The maximum Gasteiger partial charge on any atom is 0.303 e. The van der Waals surface area contributed by atoms with E-state index < -0.39 is 5.97 Å². The Hall–Kier alpha value is -1.35. The molecule has 17 heavy (non-hydrogen) atoms. The van der Waals surface area contributed by atoms with Crippen molar-refractivity contribution in [1.29, 1.82) is 0 Å². The third-order valence-electron chi connectivity index (χ3n) is 3.26. The molecule has 0 aliphatic carbocycles. The fourth-order valence-corrected chi connectivity index (χ4v) is 2.37. The zero-order valence-electron chi connectivity index (χ0n) is 9.89. The van der Waals surface area contributed by atoms with Gasteiger partial charge >= 0.3 is 5.97 Å². The topological polar surface area (TPSA) is 46.5 Å². The predicted molar refractivity (Wildman–Crippen MR) is 65.2 cm³/mol. The second-order valence-electron chi connectivity index (χ2n) is 4.51. The first-order chi connectivity index (χ1) is 8.27. The molecular weight excluding hydrogens is 216 g/mol. The third kappa shape index (κ3) is 3.30. The fourth-order valence-electron chi connectivity index (χ4n) is 2.37. The van der Waals surface area contributed by atoms with Crippen LogP contribution in [-0.2, 0) is 16.0 Å². The van der Waals surface area contributed by atoms with Crippen LogP contribution in [0.3, 0.4) is 0 Å². The van der Waals surface area contributed by atoms with E-state index in [-0.39, 0.29) is 6.42 Å². The number of hydrogen-bond donors (Lipinski definition) is 1. The minimum atomic E-state index is -0.716. The van der Waals surface area contributed by atoms with Crippen LogP contribution in [0.5, 0.6) is 0 Å². The Bertz CT molecular complexity index is 381. The van der Waals surface area contributed by atoms with Gasteiger partial charge in [0.15, 0.2) is 0 Å². The minimum absolute atomic E-state index is 0.246. The van der Waals surface area contributed by atoms with Crippen LogP contribution in [-0.4, -0.2) is 24.3 Å². The van der Waals surface area contributed by atoms with Gasteiger partial charge in [-0.3, -0.25) is 4.79 Å². The van der Waals surface area contributed by atoms with Crippen LogP contribution < -0.4 is 0 Å². The first kappa shape index (κ1) is 12.1. The summed E-state index contributed by atoms with van der Waals surface area (Å²) >= 11 is 0. The van der Waals surface area contributed by atoms with E-state index in [1.165, 1.54) is 11.1 Å². The lowest BCUT2D eigenvalue weighted by atomic mass is 9.91. The third-order valence-corrected chi connectivity index (χ3v) is 3.26. The van der Waals surface area contributed by atoms with Gasteiger partial charge in [0.2, 0.25) is 0 Å². The molecule has 0 amide bonds. The van der Waals surface area contributed by atoms with Gasteiger partial charge in [0.1, 0.15) is 0 Å². The Kier molecular flexibility index (Phi) is 4.15. The lowest BCUT2D eigenvalue weighted by Crippen LogP contribution is -2.03. The van der Waals surface area contributed by atoms with Crippen LogP contribution in [0, 0.1) is 0 Å². The summed E-state index contributed by atoms with van der Waals surface area (Å²) in [6.07, 6.45) is 2.88. The van der Waals surface area contributed by atoms with E-state index in [9.17, 15) is 4.79 Å². The lowest BCUT2D eigenvalue weighted by molar-refractivity contribution is -0.137. The molecular formula is C14H18O3. The van der Waals surface area contributed by atoms with Gasteiger partial charge in [0, 0.05) is 18.9 Å². The average molecular weight is 234 g/mol. The molecule has 0 saturated carbocycles. The summed E-state index contributed by atoms with van der Waals surface area (Å²) in [6, 6.07) is 8.33. The zero-order valence-corrected chi connectivity index (χ0v) is 9.89. The highest BCUT2D eigenvalue weighted by atomic mass is 16.5. The molecule has 1 saturated heterocycles. The Balaban J connectivity index is 2.02. The van der Waals surface area contributed by atoms with Crippen molar-refractivity contribution in [2.75, 3.05) is 13.2 Å². The summed E-state index contributed by atoms with van der Waals surface area (Å²) in [6.45, 7) is 1.64. The van der Waals surface area contributed by atoms with E-state index in [1.54, 1.807) is 0 Å². The Morgan fingerprint density at radius 3 is 2.94 bits per heavy atom. The highest BCUT2D eigenvalue weighted by Gasteiger charge is 2.19. The molecule has 0 aromatic heterocycles. The molecule has 1 aliphatic rings. The number of benzene rings is 1. The maximum atomic E-state index is 10.5. The molecule has 1 N–H and O–H groups in total. The molecule has 1 heterocycles. The molecule has 3 heteroatoms. The zero-order chi connectivity index (χ0) is 12.1. The number of aryl methyl sites for hydroxylation is 1. The molecule has 0 spiro atoms. The summed E-state index contributed by atoms with van der Waals surface area (Å²) in [7, 11) is 0. The first-order valence-corrected chi connectivity index (χ1v) is 6.14. The molecule has 1 atom stereocenters. The van der Waals surface area contributed by atoms with Crippen molar-refractivity contribution in [3.63, 3.8) is 0 Å².